The highest BCUT2D eigenvalue weighted by atomic mass is 32.2. The first-order chi connectivity index (χ1) is 21.9. The zero-order chi connectivity index (χ0) is 32.7. The predicted molar refractivity (Wildman–Crippen MR) is 172 cm³/mol. The number of halogens is 3. The third-order valence-electron chi connectivity index (χ3n) is 9.28. The van der Waals surface area contributed by atoms with Crippen molar-refractivity contribution in [2.45, 2.75) is 55.4 Å². The molecular formula is C33H40F3N5O4S. The fraction of sp³-hybridized carbons (Fsp3) is 0.515. The van der Waals surface area contributed by atoms with Crippen LogP contribution in [0.15, 0.2) is 47.4 Å². The Balaban J connectivity index is 1.16. The highest BCUT2D eigenvalue weighted by molar-refractivity contribution is 7.89. The van der Waals surface area contributed by atoms with Crippen molar-refractivity contribution in [2.24, 2.45) is 5.41 Å². The Hall–Kier alpha value is -3.44. The topological polar surface area (TPSA) is 88.1 Å². The monoisotopic (exact) mass is 659 g/mol. The number of alkyl halides is 3. The summed E-state index contributed by atoms with van der Waals surface area (Å²) in [6, 6.07) is 12.4. The zero-order valence-electron chi connectivity index (χ0n) is 26.3. The van der Waals surface area contributed by atoms with Gasteiger partial charge in [0.15, 0.2) is 0 Å². The molecule has 1 spiro atoms. The van der Waals surface area contributed by atoms with Crippen molar-refractivity contribution in [1.82, 2.24) is 13.8 Å². The van der Waals surface area contributed by atoms with E-state index in [1.807, 2.05) is 6.07 Å². The van der Waals surface area contributed by atoms with Crippen molar-refractivity contribution in [3.8, 4) is 17.6 Å². The van der Waals surface area contributed by atoms with Crippen molar-refractivity contribution in [3.63, 3.8) is 0 Å². The fourth-order valence-corrected chi connectivity index (χ4v) is 7.70. The number of fused-ring (bicyclic) bond motifs is 1. The van der Waals surface area contributed by atoms with Crippen LogP contribution in [0.2, 0.25) is 0 Å². The standard InChI is InChI=1S/C33H40F3N5O4S/c1-39(2)46(42,43)26-13-14-29(31(17-26)44-3)37-15-5-6-25-16-27-28(7-4-8-30(27)41(25)20-33(34,35)36)38-23-9-11-24(12-10-23)40-18-32(19-40)21-45-22-32/h4,7-8,13-14,16-17,23-24,37-38H,9-12,15,18-22H2,1-3H3/t23-,24-. The van der Waals surface area contributed by atoms with Gasteiger partial charge >= 0.3 is 6.18 Å². The second-order valence-corrected chi connectivity index (χ2v) is 15.0. The minimum atomic E-state index is -4.43. The van der Waals surface area contributed by atoms with Gasteiger partial charge in [-0.1, -0.05) is 12.0 Å². The average molecular weight is 660 g/mol. The Kier molecular flexibility index (Phi) is 8.93. The first-order valence-corrected chi connectivity index (χ1v) is 16.9. The molecule has 6 rings (SSSR count). The molecule has 1 aliphatic carbocycles. The van der Waals surface area contributed by atoms with E-state index >= 15 is 0 Å². The van der Waals surface area contributed by atoms with E-state index in [0.717, 1.165) is 62.0 Å². The number of nitrogens with zero attached hydrogens (tertiary/aromatic N) is 3. The first kappa shape index (κ1) is 32.5. The van der Waals surface area contributed by atoms with E-state index in [-0.39, 0.29) is 23.2 Å². The number of likely N-dealkylation sites (tertiary alicyclic amines) is 1. The fourth-order valence-electron chi connectivity index (χ4n) is 6.78. The van der Waals surface area contributed by atoms with Crippen molar-refractivity contribution in [2.75, 3.05) is 64.7 Å². The van der Waals surface area contributed by atoms with E-state index in [9.17, 15) is 21.6 Å². The van der Waals surface area contributed by atoms with Crippen LogP contribution in [-0.4, -0.2) is 94.5 Å². The average Bonchev–Trinajstić information content (AvgIpc) is 3.31. The molecule has 2 aromatic carbocycles. The molecule has 2 N–H and O–H groups in total. The van der Waals surface area contributed by atoms with Crippen LogP contribution >= 0.6 is 0 Å². The maximum atomic E-state index is 13.7. The van der Waals surface area contributed by atoms with Crippen molar-refractivity contribution >= 4 is 32.3 Å². The van der Waals surface area contributed by atoms with Crippen LogP contribution in [0, 0.1) is 17.3 Å². The molecule has 2 aliphatic heterocycles. The maximum Gasteiger partial charge on any atom is 0.406 e. The molecule has 0 amide bonds. The summed E-state index contributed by atoms with van der Waals surface area (Å²) in [6.45, 7) is 2.97. The molecule has 2 saturated heterocycles. The molecule has 0 atom stereocenters. The molecule has 46 heavy (non-hydrogen) atoms. The number of ether oxygens (including phenoxy) is 2. The smallest absolute Gasteiger partial charge is 0.406 e. The lowest BCUT2D eigenvalue weighted by Crippen LogP contribution is -2.68. The Labute approximate surface area is 268 Å². The molecule has 1 saturated carbocycles. The lowest BCUT2D eigenvalue weighted by molar-refractivity contribution is -0.200. The van der Waals surface area contributed by atoms with E-state index in [0.29, 0.717) is 33.8 Å². The van der Waals surface area contributed by atoms with Gasteiger partial charge in [-0.3, -0.25) is 4.90 Å². The lowest BCUT2D eigenvalue weighted by atomic mass is 9.75. The van der Waals surface area contributed by atoms with Crippen LogP contribution in [0.4, 0.5) is 24.5 Å². The number of aromatic nitrogens is 1. The summed E-state index contributed by atoms with van der Waals surface area (Å²) in [5.74, 6) is 6.16. The summed E-state index contributed by atoms with van der Waals surface area (Å²) in [4.78, 5) is 2.66. The number of sulfonamides is 1. The third-order valence-corrected chi connectivity index (χ3v) is 11.1. The molecule has 3 heterocycles. The molecule has 3 fully saturated rings. The molecule has 0 radical (unpaired) electrons. The number of hydrogen-bond acceptors (Lipinski definition) is 7. The molecule has 1 aromatic heterocycles. The SMILES string of the molecule is COc1cc(S(=O)(=O)N(C)C)ccc1NCC#Cc1cc2c(N[C@H]3CC[C@H](N4CC5(COC5)C4)CC3)cccc2n1CC(F)(F)F. The number of benzene rings is 2. The van der Waals surface area contributed by atoms with Crippen LogP contribution < -0.4 is 15.4 Å². The molecule has 9 nitrogen and oxygen atoms in total. The van der Waals surface area contributed by atoms with Gasteiger partial charge in [-0.2, -0.15) is 13.2 Å². The van der Waals surface area contributed by atoms with Gasteiger partial charge in [-0.15, -0.1) is 0 Å². The van der Waals surface area contributed by atoms with E-state index in [4.69, 9.17) is 9.47 Å². The summed E-state index contributed by atoms with van der Waals surface area (Å²) < 4.78 is 79.2. The normalized spacial score (nSPS) is 21.4. The van der Waals surface area contributed by atoms with Crippen LogP contribution in [-0.2, 0) is 21.3 Å². The predicted octanol–water partition coefficient (Wildman–Crippen LogP) is 4.98. The molecule has 3 aromatic rings. The summed E-state index contributed by atoms with van der Waals surface area (Å²) in [5, 5.41) is 7.42. The van der Waals surface area contributed by atoms with Gasteiger partial charge in [0.1, 0.15) is 12.3 Å². The molecule has 0 unspecified atom stereocenters. The van der Waals surface area contributed by atoms with Crippen LogP contribution in [0.1, 0.15) is 31.4 Å². The van der Waals surface area contributed by atoms with Gasteiger partial charge in [0, 0.05) is 61.8 Å². The van der Waals surface area contributed by atoms with Crippen LogP contribution in [0.25, 0.3) is 10.9 Å². The van der Waals surface area contributed by atoms with E-state index in [1.54, 1.807) is 24.3 Å². The molecule has 248 valence electrons. The summed E-state index contributed by atoms with van der Waals surface area (Å²) in [7, 11) is 0.668. The van der Waals surface area contributed by atoms with E-state index in [2.05, 4.69) is 27.4 Å². The zero-order valence-corrected chi connectivity index (χ0v) is 27.1. The third kappa shape index (κ3) is 6.67. The van der Waals surface area contributed by atoms with Gasteiger partial charge < -0.3 is 24.7 Å². The number of anilines is 2. The van der Waals surface area contributed by atoms with Gasteiger partial charge in [0.25, 0.3) is 0 Å². The Bertz CT molecular complexity index is 1740. The highest BCUT2D eigenvalue weighted by Gasteiger charge is 2.50. The van der Waals surface area contributed by atoms with Gasteiger partial charge in [0.05, 0.1) is 48.7 Å². The summed E-state index contributed by atoms with van der Waals surface area (Å²) in [5.41, 5.74) is 2.47. The lowest BCUT2D eigenvalue weighted by Gasteiger charge is -2.58. The Morgan fingerprint density at radius 2 is 1.80 bits per heavy atom. The summed E-state index contributed by atoms with van der Waals surface area (Å²) in [6.07, 6.45) is -0.210. The minimum Gasteiger partial charge on any atom is -0.495 e. The first-order valence-electron chi connectivity index (χ1n) is 15.5. The molecular weight excluding hydrogens is 619 g/mol. The quantitative estimate of drug-likeness (QED) is 0.314. The molecule has 0 bridgehead atoms. The van der Waals surface area contributed by atoms with Gasteiger partial charge in [0.2, 0.25) is 10.0 Å². The van der Waals surface area contributed by atoms with E-state index < -0.39 is 22.7 Å². The van der Waals surface area contributed by atoms with Crippen LogP contribution in [0.5, 0.6) is 5.75 Å². The second kappa shape index (κ2) is 12.6. The number of hydrogen-bond donors (Lipinski definition) is 2. The maximum absolute atomic E-state index is 13.7. The van der Waals surface area contributed by atoms with E-state index in [1.165, 1.54) is 37.9 Å². The van der Waals surface area contributed by atoms with Gasteiger partial charge in [-0.25, -0.2) is 12.7 Å². The second-order valence-electron chi connectivity index (χ2n) is 12.8. The van der Waals surface area contributed by atoms with Crippen molar-refractivity contribution in [3.05, 3.63) is 48.2 Å². The number of nitrogens with one attached hydrogen (secondary N) is 2. The molecule has 3 aliphatic rings. The van der Waals surface area contributed by atoms with Crippen LogP contribution in [0.3, 0.4) is 0 Å². The number of methoxy groups -OCH3 is 1. The largest absolute Gasteiger partial charge is 0.495 e. The number of rotatable bonds is 9. The van der Waals surface area contributed by atoms with Crippen molar-refractivity contribution in [1.29, 1.82) is 0 Å². The molecule has 13 heteroatoms. The van der Waals surface area contributed by atoms with Gasteiger partial charge in [-0.05, 0) is 61.9 Å². The summed E-state index contributed by atoms with van der Waals surface area (Å²) >= 11 is 0. The van der Waals surface area contributed by atoms with Crippen molar-refractivity contribution < 1.29 is 31.1 Å². The highest BCUT2D eigenvalue weighted by Crippen LogP contribution is 2.41. The Morgan fingerprint density at radius 1 is 1.07 bits per heavy atom. The minimum absolute atomic E-state index is 0.0775. The Morgan fingerprint density at radius 3 is 2.43 bits per heavy atom.